The van der Waals surface area contributed by atoms with Crippen LogP contribution < -0.4 is 4.90 Å². The number of hydrogen-bond acceptors (Lipinski definition) is 4. The van der Waals surface area contributed by atoms with Gasteiger partial charge in [-0.1, -0.05) is 25.4 Å². The highest BCUT2D eigenvalue weighted by molar-refractivity contribution is 6.33. The Hall–Kier alpha value is -1.33. The standard InChI is InChI=1S/C12H15ClN2O3/c1-8(2)12(16)6-14(7-12)11-4-3-9(15(17)18)5-10(11)13/h3-5,8,16H,6-7H2,1-2H3. The van der Waals surface area contributed by atoms with E-state index in [9.17, 15) is 15.2 Å². The zero-order chi connectivity index (χ0) is 13.5. The maximum atomic E-state index is 10.6. The SMILES string of the molecule is CC(C)C1(O)CN(c2ccc([N+](=O)[O-])cc2Cl)C1. The number of nitro benzene ring substituents is 1. The molecular formula is C12H15ClN2O3. The Morgan fingerprint density at radius 1 is 1.50 bits per heavy atom. The van der Waals surface area contributed by atoms with E-state index in [0.29, 0.717) is 18.1 Å². The highest BCUT2D eigenvalue weighted by atomic mass is 35.5. The second-order valence-electron chi connectivity index (χ2n) is 5.01. The molecule has 1 saturated heterocycles. The number of rotatable bonds is 3. The Bertz CT molecular complexity index is 484. The van der Waals surface area contributed by atoms with E-state index in [0.717, 1.165) is 5.69 Å². The molecule has 1 aromatic carbocycles. The minimum absolute atomic E-state index is 0.0246. The molecule has 0 aromatic heterocycles. The Labute approximate surface area is 110 Å². The van der Waals surface area contributed by atoms with Crippen LogP contribution in [0.3, 0.4) is 0 Å². The first kappa shape index (κ1) is 13.1. The third-order valence-corrected chi connectivity index (χ3v) is 3.79. The van der Waals surface area contributed by atoms with Gasteiger partial charge in [0.1, 0.15) is 5.60 Å². The molecule has 98 valence electrons. The molecule has 0 saturated carbocycles. The first-order valence-corrected chi connectivity index (χ1v) is 6.12. The van der Waals surface area contributed by atoms with Crippen LogP contribution in [0.2, 0.25) is 5.02 Å². The van der Waals surface area contributed by atoms with Crippen molar-refractivity contribution in [1.29, 1.82) is 0 Å². The number of hydrogen-bond donors (Lipinski definition) is 1. The topological polar surface area (TPSA) is 66.6 Å². The summed E-state index contributed by atoms with van der Waals surface area (Å²) in [4.78, 5) is 12.1. The molecule has 18 heavy (non-hydrogen) atoms. The number of anilines is 1. The minimum atomic E-state index is -0.689. The van der Waals surface area contributed by atoms with E-state index >= 15 is 0 Å². The maximum absolute atomic E-state index is 10.6. The van der Waals surface area contributed by atoms with Gasteiger partial charge in [-0.25, -0.2) is 0 Å². The van der Waals surface area contributed by atoms with E-state index in [2.05, 4.69) is 0 Å². The smallest absolute Gasteiger partial charge is 0.271 e. The van der Waals surface area contributed by atoms with Gasteiger partial charge in [-0.2, -0.15) is 0 Å². The summed E-state index contributed by atoms with van der Waals surface area (Å²) in [6.45, 7) is 4.94. The fraction of sp³-hybridized carbons (Fsp3) is 0.500. The van der Waals surface area contributed by atoms with Crippen LogP contribution in [0.1, 0.15) is 13.8 Å². The second-order valence-corrected chi connectivity index (χ2v) is 5.41. The van der Waals surface area contributed by atoms with E-state index < -0.39 is 10.5 Å². The Balaban J connectivity index is 2.15. The van der Waals surface area contributed by atoms with Crippen molar-refractivity contribution in [1.82, 2.24) is 0 Å². The second kappa shape index (κ2) is 4.40. The van der Waals surface area contributed by atoms with E-state index in [1.807, 2.05) is 18.7 Å². The van der Waals surface area contributed by atoms with Gasteiger partial charge in [-0.3, -0.25) is 10.1 Å². The summed E-state index contributed by atoms with van der Waals surface area (Å²) >= 11 is 6.03. The van der Waals surface area contributed by atoms with Crippen LogP contribution >= 0.6 is 11.6 Å². The molecule has 0 atom stereocenters. The largest absolute Gasteiger partial charge is 0.386 e. The summed E-state index contributed by atoms with van der Waals surface area (Å²) in [5.41, 5.74) is 0.0152. The normalized spacial score (nSPS) is 17.7. The summed E-state index contributed by atoms with van der Waals surface area (Å²) < 4.78 is 0. The van der Waals surface area contributed by atoms with Crippen LogP contribution in [0, 0.1) is 16.0 Å². The summed E-state index contributed by atoms with van der Waals surface area (Å²) in [7, 11) is 0. The van der Waals surface area contributed by atoms with Crippen LogP contribution in [0.5, 0.6) is 0 Å². The molecule has 0 unspecified atom stereocenters. The first-order chi connectivity index (χ1) is 8.33. The number of non-ortho nitro benzene ring substituents is 1. The Kier molecular flexibility index (Phi) is 3.21. The van der Waals surface area contributed by atoms with Gasteiger partial charge in [-0.15, -0.1) is 0 Å². The summed E-state index contributed by atoms with van der Waals surface area (Å²) in [6, 6.07) is 4.39. The van der Waals surface area contributed by atoms with Crippen molar-refractivity contribution in [3.63, 3.8) is 0 Å². The Morgan fingerprint density at radius 3 is 2.56 bits per heavy atom. The summed E-state index contributed by atoms with van der Waals surface area (Å²) in [5.74, 6) is 0.172. The van der Waals surface area contributed by atoms with E-state index in [-0.39, 0.29) is 11.6 Å². The molecule has 1 fully saturated rings. The van der Waals surface area contributed by atoms with Crippen molar-refractivity contribution in [2.45, 2.75) is 19.4 Å². The number of nitro groups is 1. The molecule has 1 aliphatic rings. The minimum Gasteiger partial charge on any atom is -0.386 e. The highest BCUT2D eigenvalue weighted by Crippen LogP contribution is 2.37. The third kappa shape index (κ3) is 2.15. The number of halogens is 1. The molecule has 5 nitrogen and oxygen atoms in total. The van der Waals surface area contributed by atoms with E-state index in [1.165, 1.54) is 12.1 Å². The lowest BCUT2D eigenvalue weighted by Crippen LogP contribution is -2.64. The lowest BCUT2D eigenvalue weighted by Gasteiger charge is -2.50. The molecule has 0 bridgehead atoms. The number of nitrogens with zero attached hydrogens (tertiary/aromatic N) is 2. The molecule has 0 amide bonds. The van der Waals surface area contributed by atoms with Gasteiger partial charge in [0.2, 0.25) is 0 Å². The van der Waals surface area contributed by atoms with Gasteiger partial charge in [0, 0.05) is 25.2 Å². The zero-order valence-corrected chi connectivity index (χ0v) is 11.0. The van der Waals surface area contributed by atoms with Crippen LogP contribution in [0.4, 0.5) is 11.4 Å². The van der Waals surface area contributed by atoms with Crippen molar-refractivity contribution in [3.8, 4) is 0 Å². The fourth-order valence-corrected chi connectivity index (χ4v) is 2.31. The van der Waals surface area contributed by atoms with Crippen molar-refractivity contribution in [3.05, 3.63) is 33.3 Å². The van der Waals surface area contributed by atoms with Gasteiger partial charge in [0.05, 0.1) is 15.6 Å². The molecule has 0 aliphatic carbocycles. The Morgan fingerprint density at radius 2 is 2.11 bits per heavy atom. The third-order valence-electron chi connectivity index (χ3n) is 3.49. The summed E-state index contributed by atoms with van der Waals surface area (Å²) in [5, 5.41) is 21.1. The lowest BCUT2D eigenvalue weighted by molar-refractivity contribution is -0.384. The van der Waals surface area contributed by atoms with E-state index in [4.69, 9.17) is 11.6 Å². The van der Waals surface area contributed by atoms with Crippen LogP contribution in [0.25, 0.3) is 0 Å². The first-order valence-electron chi connectivity index (χ1n) is 5.75. The average Bonchev–Trinajstić information content (AvgIpc) is 2.24. The predicted octanol–water partition coefficient (Wildman–Crippen LogP) is 2.46. The molecule has 0 radical (unpaired) electrons. The molecule has 1 N–H and O–H groups in total. The number of aliphatic hydroxyl groups is 1. The van der Waals surface area contributed by atoms with Crippen LogP contribution in [-0.2, 0) is 0 Å². The fourth-order valence-electron chi connectivity index (χ4n) is 2.02. The van der Waals surface area contributed by atoms with Gasteiger partial charge in [0.25, 0.3) is 5.69 Å². The van der Waals surface area contributed by atoms with Crippen molar-refractivity contribution < 1.29 is 10.0 Å². The number of benzene rings is 1. The molecular weight excluding hydrogens is 256 g/mol. The van der Waals surface area contributed by atoms with Gasteiger partial charge in [-0.05, 0) is 12.0 Å². The lowest BCUT2D eigenvalue weighted by atomic mass is 9.82. The molecule has 6 heteroatoms. The predicted molar refractivity (Wildman–Crippen MR) is 70.1 cm³/mol. The monoisotopic (exact) mass is 270 g/mol. The van der Waals surface area contributed by atoms with Crippen molar-refractivity contribution >= 4 is 23.0 Å². The molecule has 2 rings (SSSR count). The van der Waals surface area contributed by atoms with Crippen molar-refractivity contribution in [2.75, 3.05) is 18.0 Å². The maximum Gasteiger partial charge on any atom is 0.271 e. The van der Waals surface area contributed by atoms with Crippen molar-refractivity contribution in [2.24, 2.45) is 5.92 Å². The molecule has 1 aliphatic heterocycles. The van der Waals surface area contributed by atoms with Gasteiger partial charge >= 0.3 is 0 Å². The van der Waals surface area contributed by atoms with Crippen LogP contribution in [0.15, 0.2) is 18.2 Å². The molecule has 0 spiro atoms. The quantitative estimate of drug-likeness (QED) is 0.677. The molecule has 1 heterocycles. The average molecular weight is 271 g/mol. The van der Waals surface area contributed by atoms with Gasteiger partial charge < -0.3 is 10.0 Å². The zero-order valence-electron chi connectivity index (χ0n) is 10.3. The molecule has 1 aromatic rings. The number of β-amino-alcohol motifs (C(OH)–C–C–N with tert-alkyl or cyclic N) is 1. The van der Waals surface area contributed by atoms with Gasteiger partial charge in [0.15, 0.2) is 0 Å². The highest BCUT2D eigenvalue weighted by Gasteiger charge is 2.44. The van der Waals surface area contributed by atoms with E-state index in [1.54, 1.807) is 6.07 Å². The van der Waals surface area contributed by atoms with Crippen LogP contribution in [-0.4, -0.2) is 28.7 Å². The summed E-state index contributed by atoms with van der Waals surface area (Å²) in [6.07, 6.45) is 0.